The van der Waals surface area contributed by atoms with Crippen molar-refractivity contribution < 1.29 is 5.11 Å². The lowest BCUT2D eigenvalue weighted by molar-refractivity contribution is 0.288. The van der Waals surface area contributed by atoms with Crippen LogP contribution in [0.1, 0.15) is 23.1 Å². The third-order valence-electron chi connectivity index (χ3n) is 4.70. The minimum absolute atomic E-state index is 0.0971. The molecule has 36 heavy (non-hydrogen) atoms. The SMILES string of the molecule is OCCCc1ccc(C(Cl)(Cl)C(Cl)(Cl)C(Cl)(Cl)C(Cl)(Cl)Cl)cc1C(Cl)(Cl)C(Cl)(Cl)C(Cl)(Cl)C(Cl)(Cl)Cl. The minimum Gasteiger partial charge on any atom is -0.396 e. The van der Waals surface area contributed by atoms with Gasteiger partial charge in [-0.25, -0.2) is 0 Å². The van der Waals surface area contributed by atoms with Gasteiger partial charge in [0.25, 0.3) is 0 Å². The molecule has 1 aromatic rings. The van der Waals surface area contributed by atoms with E-state index < -0.39 is 33.6 Å². The molecule has 0 bridgehead atoms. The van der Waals surface area contributed by atoms with Crippen molar-refractivity contribution in [2.24, 2.45) is 0 Å². The minimum atomic E-state index is -2.63. The molecule has 210 valence electrons. The number of aliphatic hydroxyl groups is 1. The molecule has 0 radical (unpaired) electrons. The zero-order valence-electron chi connectivity index (χ0n) is 16.6. The van der Waals surface area contributed by atoms with Gasteiger partial charge >= 0.3 is 0 Å². The van der Waals surface area contributed by atoms with Gasteiger partial charge in [0.1, 0.15) is 0 Å². The highest BCUT2D eigenvalue weighted by atomic mass is 35.6. The summed E-state index contributed by atoms with van der Waals surface area (Å²) >= 11 is 112. The van der Waals surface area contributed by atoms with E-state index in [0.717, 1.165) is 0 Å². The number of hydrogen-bond donors (Lipinski definition) is 1. The number of aliphatic hydroxyl groups excluding tert-OH is 1. The van der Waals surface area contributed by atoms with Crippen molar-refractivity contribution in [3.63, 3.8) is 0 Å². The van der Waals surface area contributed by atoms with E-state index in [2.05, 4.69) is 0 Å². The highest BCUT2D eigenvalue weighted by Gasteiger charge is 2.70. The van der Waals surface area contributed by atoms with Crippen molar-refractivity contribution >= 4 is 209 Å². The van der Waals surface area contributed by atoms with Crippen LogP contribution >= 0.6 is 209 Å². The maximum atomic E-state index is 9.32. The number of rotatable bonds is 9. The van der Waals surface area contributed by atoms with Crippen molar-refractivity contribution in [2.75, 3.05) is 6.61 Å². The van der Waals surface area contributed by atoms with Crippen LogP contribution in [0.2, 0.25) is 0 Å². The van der Waals surface area contributed by atoms with Gasteiger partial charge in [-0.1, -0.05) is 221 Å². The van der Waals surface area contributed by atoms with Gasteiger partial charge in [0, 0.05) is 6.61 Å². The van der Waals surface area contributed by atoms with Crippen LogP contribution in [0.3, 0.4) is 0 Å². The molecular weight excluding hydrogens is 858 g/mol. The number of hydrogen-bond acceptors (Lipinski definition) is 1. The molecule has 19 heteroatoms. The summed E-state index contributed by atoms with van der Waals surface area (Å²) in [6.07, 6.45) is 0.419. The highest BCUT2D eigenvalue weighted by molar-refractivity contribution is 6.81. The first-order valence-corrected chi connectivity index (χ1v) is 15.6. The summed E-state index contributed by atoms with van der Waals surface area (Å²) in [5, 5.41) is 9.32. The van der Waals surface area contributed by atoms with Gasteiger partial charge < -0.3 is 5.11 Å². The summed E-state index contributed by atoms with van der Waals surface area (Å²) < 4.78 is -20.3. The molecule has 0 aromatic heterocycles. The third kappa shape index (κ3) is 7.03. The van der Waals surface area contributed by atoms with Crippen molar-refractivity contribution in [3.05, 3.63) is 34.9 Å². The number of alkyl halides is 18. The van der Waals surface area contributed by atoms with Crippen molar-refractivity contribution in [3.8, 4) is 0 Å². The van der Waals surface area contributed by atoms with Crippen molar-refractivity contribution in [1.82, 2.24) is 0 Å². The topological polar surface area (TPSA) is 20.2 Å². The molecule has 1 aromatic carbocycles. The van der Waals surface area contributed by atoms with Crippen LogP contribution < -0.4 is 0 Å². The van der Waals surface area contributed by atoms with Gasteiger partial charge in [0.05, 0.1) is 0 Å². The van der Waals surface area contributed by atoms with Crippen LogP contribution in [0.15, 0.2) is 18.2 Å². The van der Waals surface area contributed by atoms with Crippen molar-refractivity contribution in [2.45, 2.75) is 46.4 Å². The quantitative estimate of drug-likeness (QED) is 0.245. The van der Waals surface area contributed by atoms with Crippen LogP contribution in [0.5, 0.6) is 0 Å². The number of benzene rings is 1. The monoisotopic (exact) mass is 860 g/mol. The molecule has 0 spiro atoms. The maximum Gasteiger partial charge on any atom is 0.226 e. The Hall–Kier alpha value is 4.40. The standard InChI is InChI=1S/C17H10Cl18O/c18-10(19,12(22,23)14(26,27)16(30,31)32)8-4-3-7(2-1-5-36)9(6-8)11(20,21)13(24,25)15(28,29)17(33,34)35/h3-4,6,36H,1-2,5H2. The number of halogens is 18. The summed E-state index contributed by atoms with van der Waals surface area (Å²) in [6, 6.07) is 3.98. The van der Waals surface area contributed by atoms with Crippen LogP contribution in [-0.2, 0) is 15.1 Å². The van der Waals surface area contributed by atoms with Crippen LogP contribution in [0, 0.1) is 0 Å². The largest absolute Gasteiger partial charge is 0.396 e. The van der Waals surface area contributed by atoms with Gasteiger partial charge in [-0.15, -0.1) is 0 Å². The Morgan fingerprint density at radius 3 is 1.28 bits per heavy atom. The molecule has 0 heterocycles. The van der Waals surface area contributed by atoms with Crippen LogP contribution in [0.4, 0.5) is 0 Å². The Morgan fingerprint density at radius 1 is 0.528 bits per heavy atom. The highest BCUT2D eigenvalue weighted by Crippen LogP contribution is 2.67. The average Bonchev–Trinajstić information content (AvgIpc) is 2.69. The zero-order valence-corrected chi connectivity index (χ0v) is 30.2. The van der Waals surface area contributed by atoms with E-state index >= 15 is 0 Å². The summed E-state index contributed by atoms with van der Waals surface area (Å²) in [5.74, 6) is 0. The first-order valence-electron chi connectivity index (χ1n) is 8.81. The molecule has 0 saturated carbocycles. The number of aryl methyl sites for hydroxylation is 1. The Bertz CT molecular complexity index is 927. The normalized spacial score (nSPS) is 15.4. The second-order valence-electron chi connectivity index (χ2n) is 7.14. The third-order valence-corrected chi connectivity index (χ3v) is 15.6. The lowest BCUT2D eigenvalue weighted by Gasteiger charge is -2.46. The Balaban J connectivity index is 3.94. The summed E-state index contributed by atoms with van der Waals surface area (Å²) in [6.45, 7) is -0.208. The predicted octanol–water partition coefficient (Wildman–Crippen LogP) is 12.3. The molecule has 1 nitrogen and oxygen atoms in total. The molecule has 1 rings (SSSR count). The first-order chi connectivity index (χ1) is 15.7. The fraction of sp³-hybridized carbons (Fsp3) is 0.647. The van der Waals surface area contributed by atoms with Gasteiger partial charge in [0.2, 0.25) is 16.3 Å². The molecule has 1 N–H and O–H groups in total. The molecule has 0 amide bonds. The van der Waals surface area contributed by atoms with Crippen LogP contribution in [0.25, 0.3) is 0 Å². The van der Waals surface area contributed by atoms with Gasteiger partial charge in [0.15, 0.2) is 17.3 Å². The van der Waals surface area contributed by atoms with E-state index in [4.69, 9.17) is 209 Å². The second kappa shape index (κ2) is 12.8. The molecule has 0 saturated heterocycles. The predicted molar refractivity (Wildman–Crippen MR) is 167 cm³/mol. The second-order valence-corrected chi connectivity index (χ2v) is 19.7. The maximum absolute atomic E-state index is 9.32. The van der Waals surface area contributed by atoms with Gasteiger partial charge in [-0.05, 0) is 35.6 Å². The summed E-state index contributed by atoms with van der Waals surface area (Å²) in [7, 11) is 0. The van der Waals surface area contributed by atoms with Gasteiger partial charge in [-0.3, -0.25) is 0 Å². The molecule has 0 atom stereocenters. The van der Waals surface area contributed by atoms with E-state index in [0.29, 0.717) is 5.56 Å². The molecule has 0 aliphatic carbocycles. The summed E-state index contributed by atoms with van der Waals surface area (Å²) in [5.41, 5.74) is 0.136. The van der Waals surface area contributed by atoms with E-state index in [1.165, 1.54) is 18.2 Å². The van der Waals surface area contributed by atoms with Gasteiger partial charge in [-0.2, -0.15) is 0 Å². The smallest absolute Gasteiger partial charge is 0.226 e. The fourth-order valence-electron chi connectivity index (χ4n) is 2.65. The molecule has 0 aliphatic heterocycles. The van der Waals surface area contributed by atoms with Crippen LogP contribution in [-0.4, -0.2) is 36.6 Å². The van der Waals surface area contributed by atoms with E-state index in [9.17, 15) is 5.11 Å². The van der Waals surface area contributed by atoms with Crippen molar-refractivity contribution in [1.29, 1.82) is 0 Å². The molecule has 0 unspecified atom stereocenters. The van der Waals surface area contributed by atoms with E-state index in [1.54, 1.807) is 0 Å². The average molecular weight is 868 g/mol. The fourth-order valence-corrected chi connectivity index (χ4v) is 7.18. The summed E-state index contributed by atoms with van der Waals surface area (Å²) in [4.78, 5) is 0. The molecule has 0 fully saturated rings. The lowest BCUT2D eigenvalue weighted by Crippen LogP contribution is -2.55. The lowest BCUT2D eigenvalue weighted by atomic mass is 9.92. The Morgan fingerprint density at radius 2 is 0.917 bits per heavy atom. The Kier molecular flexibility index (Phi) is 13.7. The van der Waals surface area contributed by atoms with E-state index in [1.807, 2.05) is 0 Å². The molecule has 0 aliphatic rings. The Labute approximate surface area is 298 Å². The molecular formula is C17H10Cl18O. The zero-order chi connectivity index (χ0) is 29.0. The van der Waals surface area contributed by atoms with E-state index in [-0.39, 0.29) is 30.6 Å². The first kappa shape index (κ1) is 38.4.